The number of thiophene rings is 1. The molecule has 4 nitrogen and oxygen atoms in total. The summed E-state index contributed by atoms with van der Waals surface area (Å²) in [6.45, 7) is 0. The fourth-order valence-electron chi connectivity index (χ4n) is 2.66. The zero-order chi connectivity index (χ0) is 19.0. The molecule has 0 radical (unpaired) electrons. The summed E-state index contributed by atoms with van der Waals surface area (Å²) in [6.07, 6.45) is 0. The fourth-order valence-corrected chi connectivity index (χ4v) is 5.23. The number of benzene rings is 2. The lowest BCUT2D eigenvalue weighted by molar-refractivity contribution is 0.598. The maximum atomic E-state index is 11.5. The summed E-state index contributed by atoms with van der Waals surface area (Å²) in [4.78, 5) is 5.86. The second kappa shape index (κ2) is 7.18. The Kier molecular flexibility index (Phi) is 4.88. The van der Waals surface area contributed by atoms with Gasteiger partial charge in [0.05, 0.1) is 20.5 Å². The monoisotopic (exact) mass is 432 g/mol. The van der Waals surface area contributed by atoms with Crippen molar-refractivity contribution in [1.29, 1.82) is 0 Å². The molecule has 0 unspecified atom stereocenters. The molecule has 0 bridgehead atoms. The first-order valence-corrected chi connectivity index (χ1v) is 11.5. The minimum Gasteiger partial charge on any atom is -0.235 e. The van der Waals surface area contributed by atoms with Crippen LogP contribution in [-0.4, -0.2) is 13.4 Å². The lowest BCUT2D eigenvalue weighted by atomic mass is 10.1. The van der Waals surface area contributed by atoms with Crippen molar-refractivity contribution >= 4 is 44.3 Å². The molecule has 0 saturated heterocycles. The Labute approximate surface area is 170 Å². The van der Waals surface area contributed by atoms with Crippen molar-refractivity contribution in [3.8, 4) is 32.3 Å². The quantitative estimate of drug-likeness (QED) is 0.462. The number of hydrogen-bond donors (Lipinski definition) is 1. The molecular formula is C19H13ClN2O2S3. The van der Waals surface area contributed by atoms with Gasteiger partial charge in [-0.15, -0.1) is 11.3 Å². The Morgan fingerprint density at radius 1 is 0.963 bits per heavy atom. The molecular weight excluding hydrogens is 420 g/mol. The normalized spacial score (nSPS) is 11.6. The standard InChI is InChI=1S/C19H13ClN2O2S3/c20-16-4-2-1-3-15(16)19-22-17(13-9-10-25-11-13)18(26-19)12-5-7-14(8-6-12)27(21,23)24/h1-11H,(H2,21,23,24). The molecule has 2 aromatic heterocycles. The Morgan fingerprint density at radius 2 is 1.70 bits per heavy atom. The Balaban J connectivity index is 1.88. The Hall–Kier alpha value is -2.03. The van der Waals surface area contributed by atoms with Gasteiger partial charge in [-0.3, -0.25) is 0 Å². The summed E-state index contributed by atoms with van der Waals surface area (Å²) >= 11 is 9.47. The van der Waals surface area contributed by atoms with Crippen LogP contribution in [0.3, 0.4) is 0 Å². The number of nitrogens with zero attached hydrogens (tertiary/aromatic N) is 1. The molecule has 0 amide bonds. The van der Waals surface area contributed by atoms with E-state index in [1.807, 2.05) is 41.1 Å². The van der Waals surface area contributed by atoms with E-state index in [4.69, 9.17) is 21.7 Å². The van der Waals surface area contributed by atoms with E-state index in [1.165, 1.54) is 23.5 Å². The highest BCUT2D eigenvalue weighted by atomic mass is 35.5. The van der Waals surface area contributed by atoms with Gasteiger partial charge < -0.3 is 0 Å². The summed E-state index contributed by atoms with van der Waals surface area (Å²) < 4.78 is 23.0. The van der Waals surface area contributed by atoms with E-state index in [0.29, 0.717) is 5.02 Å². The second-order valence-electron chi connectivity index (χ2n) is 5.76. The number of aromatic nitrogens is 1. The van der Waals surface area contributed by atoms with E-state index in [0.717, 1.165) is 32.3 Å². The summed E-state index contributed by atoms with van der Waals surface area (Å²) in [5.41, 5.74) is 3.60. The molecule has 27 heavy (non-hydrogen) atoms. The van der Waals surface area contributed by atoms with Crippen molar-refractivity contribution in [2.24, 2.45) is 5.14 Å². The van der Waals surface area contributed by atoms with E-state index in [2.05, 4.69) is 0 Å². The number of halogens is 1. The summed E-state index contributed by atoms with van der Waals surface area (Å²) in [7, 11) is -3.73. The molecule has 0 spiro atoms. The largest absolute Gasteiger partial charge is 0.238 e. The molecule has 2 heterocycles. The number of sulfonamides is 1. The van der Waals surface area contributed by atoms with Gasteiger partial charge in [-0.1, -0.05) is 41.9 Å². The average molecular weight is 433 g/mol. The Bertz CT molecular complexity index is 1200. The van der Waals surface area contributed by atoms with Crippen LogP contribution in [0.4, 0.5) is 0 Å². The van der Waals surface area contributed by atoms with Gasteiger partial charge >= 0.3 is 0 Å². The molecule has 0 aliphatic carbocycles. The van der Waals surface area contributed by atoms with Crippen molar-refractivity contribution < 1.29 is 8.42 Å². The van der Waals surface area contributed by atoms with Crippen molar-refractivity contribution in [2.45, 2.75) is 4.90 Å². The summed E-state index contributed by atoms with van der Waals surface area (Å²) in [6, 6.07) is 16.1. The smallest absolute Gasteiger partial charge is 0.235 e. The van der Waals surface area contributed by atoms with E-state index in [1.54, 1.807) is 23.5 Å². The molecule has 4 aromatic rings. The van der Waals surface area contributed by atoms with Crippen LogP contribution in [0.2, 0.25) is 5.02 Å². The highest BCUT2D eigenvalue weighted by molar-refractivity contribution is 7.89. The molecule has 0 fully saturated rings. The van der Waals surface area contributed by atoms with Gasteiger partial charge in [0.1, 0.15) is 5.01 Å². The molecule has 0 aliphatic heterocycles. The SMILES string of the molecule is NS(=O)(=O)c1ccc(-c2sc(-c3ccccc3Cl)nc2-c2ccsc2)cc1. The molecule has 0 atom stereocenters. The molecule has 0 aliphatic rings. The van der Waals surface area contributed by atoms with E-state index in [9.17, 15) is 8.42 Å². The van der Waals surface area contributed by atoms with Gasteiger partial charge in [0.15, 0.2) is 0 Å². The van der Waals surface area contributed by atoms with Crippen LogP contribution < -0.4 is 5.14 Å². The number of thiazole rings is 1. The van der Waals surface area contributed by atoms with E-state index < -0.39 is 10.0 Å². The number of rotatable bonds is 4. The van der Waals surface area contributed by atoms with Crippen molar-refractivity contribution in [3.63, 3.8) is 0 Å². The van der Waals surface area contributed by atoms with E-state index in [-0.39, 0.29) is 4.90 Å². The minimum absolute atomic E-state index is 0.0826. The van der Waals surface area contributed by atoms with Gasteiger partial charge in [-0.05, 0) is 35.2 Å². The molecule has 2 aromatic carbocycles. The van der Waals surface area contributed by atoms with Gasteiger partial charge in [-0.2, -0.15) is 11.3 Å². The van der Waals surface area contributed by atoms with E-state index >= 15 is 0 Å². The molecule has 4 rings (SSSR count). The van der Waals surface area contributed by atoms with Crippen LogP contribution in [0.1, 0.15) is 0 Å². The average Bonchev–Trinajstić information content (AvgIpc) is 3.31. The Morgan fingerprint density at radius 3 is 2.33 bits per heavy atom. The van der Waals surface area contributed by atoms with Crippen LogP contribution >= 0.6 is 34.3 Å². The number of hydrogen-bond acceptors (Lipinski definition) is 5. The number of nitrogens with two attached hydrogens (primary N) is 1. The van der Waals surface area contributed by atoms with Crippen LogP contribution in [0.15, 0.2) is 70.3 Å². The molecule has 8 heteroatoms. The summed E-state index contributed by atoms with van der Waals surface area (Å²) in [5, 5.41) is 10.7. The fraction of sp³-hybridized carbons (Fsp3) is 0. The predicted octanol–water partition coefficient (Wildman–Crippen LogP) is 5.51. The predicted molar refractivity (Wildman–Crippen MR) is 113 cm³/mol. The molecule has 2 N–H and O–H groups in total. The van der Waals surface area contributed by atoms with Crippen LogP contribution in [0.5, 0.6) is 0 Å². The lowest BCUT2D eigenvalue weighted by Crippen LogP contribution is -2.11. The van der Waals surface area contributed by atoms with Crippen LogP contribution in [0.25, 0.3) is 32.3 Å². The van der Waals surface area contributed by atoms with Gasteiger partial charge in [0, 0.05) is 16.5 Å². The van der Waals surface area contributed by atoms with Crippen LogP contribution in [0, 0.1) is 0 Å². The topological polar surface area (TPSA) is 73.1 Å². The zero-order valence-corrected chi connectivity index (χ0v) is 17.0. The maximum absolute atomic E-state index is 11.5. The highest BCUT2D eigenvalue weighted by Gasteiger charge is 2.18. The van der Waals surface area contributed by atoms with Crippen LogP contribution in [-0.2, 0) is 10.0 Å². The number of primary sulfonamides is 1. The highest BCUT2D eigenvalue weighted by Crippen LogP contribution is 2.42. The van der Waals surface area contributed by atoms with Gasteiger partial charge in [-0.25, -0.2) is 18.5 Å². The first-order valence-electron chi connectivity index (χ1n) is 7.85. The van der Waals surface area contributed by atoms with Crippen molar-refractivity contribution in [3.05, 3.63) is 70.4 Å². The third-order valence-corrected chi connectivity index (χ3v) is 7.05. The lowest BCUT2D eigenvalue weighted by Gasteiger charge is -2.03. The first-order chi connectivity index (χ1) is 12.9. The second-order valence-corrected chi connectivity index (χ2v) is 9.51. The summed E-state index contributed by atoms with van der Waals surface area (Å²) in [5.74, 6) is 0. The van der Waals surface area contributed by atoms with Crippen molar-refractivity contribution in [2.75, 3.05) is 0 Å². The molecule has 136 valence electrons. The minimum atomic E-state index is -3.73. The third kappa shape index (κ3) is 3.69. The van der Waals surface area contributed by atoms with Gasteiger partial charge in [0.25, 0.3) is 0 Å². The van der Waals surface area contributed by atoms with Gasteiger partial charge in [0.2, 0.25) is 10.0 Å². The maximum Gasteiger partial charge on any atom is 0.238 e. The third-order valence-electron chi connectivity index (χ3n) is 3.97. The zero-order valence-electron chi connectivity index (χ0n) is 13.8. The molecule has 0 saturated carbocycles. The first kappa shape index (κ1) is 18.3. The van der Waals surface area contributed by atoms with Crippen molar-refractivity contribution in [1.82, 2.24) is 4.98 Å².